The monoisotopic (exact) mass is 347 g/mol. The summed E-state index contributed by atoms with van der Waals surface area (Å²) in [4.78, 5) is 47.2. The van der Waals surface area contributed by atoms with E-state index in [0.717, 1.165) is 9.58 Å². The van der Waals surface area contributed by atoms with Crippen molar-refractivity contribution in [1.82, 2.24) is 14.7 Å². The number of amides is 2. The zero-order chi connectivity index (χ0) is 17.8. The van der Waals surface area contributed by atoms with Gasteiger partial charge in [0.2, 0.25) is 5.89 Å². The molecule has 1 fully saturated rings. The SMILES string of the molecule is O=C(Cn1nc(-c2ccccc2)oc1=O)OCC(=O)N1CCOC1=O. The first-order valence-electron chi connectivity index (χ1n) is 7.31. The Morgan fingerprint density at radius 3 is 2.64 bits per heavy atom. The van der Waals surface area contributed by atoms with Crippen molar-refractivity contribution in [2.45, 2.75) is 6.54 Å². The number of hydrogen-bond acceptors (Lipinski definition) is 8. The van der Waals surface area contributed by atoms with Gasteiger partial charge in [-0.05, 0) is 12.1 Å². The second-order valence-electron chi connectivity index (χ2n) is 5.02. The molecule has 0 radical (unpaired) electrons. The molecule has 10 heteroatoms. The average molecular weight is 347 g/mol. The molecule has 1 aliphatic heterocycles. The van der Waals surface area contributed by atoms with Crippen molar-refractivity contribution in [3.63, 3.8) is 0 Å². The maximum absolute atomic E-state index is 11.8. The molecule has 0 bridgehead atoms. The van der Waals surface area contributed by atoms with Crippen LogP contribution in [0, 0.1) is 0 Å². The molecule has 1 aliphatic rings. The number of nitrogens with zero attached hydrogens (tertiary/aromatic N) is 3. The number of rotatable bonds is 5. The van der Waals surface area contributed by atoms with E-state index < -0.39 is 36.9 Å². The Bertz CT molecular complexity index is 856. The normalized spacial score (nSPS) is 13.6. The van der Waals surface area contributed by atoms with Gasteiger partial charge in [-0.1, -0.05) is 18.2 Å². The maximum Gasteiger partial charge on any atom is 0.437 e. The number of carbonyl (C=O) groups excluding carboxylic acids is 3. The Balaban J connectivity index is 1.58. The number of aromatic nitrogens is 2. The minimum absolute atomic E-state index is 0.0642. The van der Waals surface area contributed by atoms with E-state index in [-0.39, 0.29) is 19.0 Å². The summed E-state index contributed by atoms with van der Waals surface area (Å²) in [5, 5.41) is 3.90. The molecule has 0 unspecified atom stereocenters. The molecule has 0 atom stereocenters. The molecule has 2 heterocycles. The molecule has 25 heavy (non-hydrogen) atoms. The van der Waals surface area contributed by atoms with Gasteiger partial charge in [0.1, 0.15) is 13.2 Å². The predicted molar refractivity (Wildman–Crippen MR) is 80.2 cm³/mol. The number of imide groups is 1. The van der Waals surface area contributed by atoms with Gasteiger partial charge in [-0.3, -0.25) is 9.59 Å². The summed E-state index contributed by atoms with van der Waals surface area (Å²) in [5.74, 6) is -2.33. The van der Waals surface area contributed by atoms with E-state index in [1.54, 1.807) is 30.3 Å². The van der Waals surface area contributed by atoms with Crippen molar-refractivity contribution in [2.24, 2.45) is 0 Å². The lowest BCUT2D eigenvalue weighted by Crippen LogP contribution is -2.36. The quantitative estimate of drug-likeness (QED) is 0.694. The van der Waals surface area contributed by atoms with Gasteiger partial charge in [-0.25, -0.2) is 14.5 Å². The molecule has 1 saturated heterocycles. The Kier molecular flexibility index (Phi) is 4.59. The van der Waals surface area contributed by atoms with Crippen LogP contribution in [0.2, 0.25) is 0 Å². The van der Waals surface area contributed by atoms with Crippen LogP contribution in [0.15, 0.2) is 39.5 Å². The van der Waals surface area contributed by atoms with Crippen LogP contribution in [0.1, 0.15) is 0 Å². The van der Waals surface area contributed by atoms with Gasteiger partial charge in [0.25, 0.3) is 5.91 Å². The third-order valence-corrected chi connectivity index (χ3v) is 3.32. The largest absolute Gasteiger partial charge is 0.454 e. The van der Waals surface area contributed by atoms with Crippen LogP contribution in [0.25, 0.3) is 11.5 Å². The highest BCUT2D eigenvalue weighted by Crippen LogP contribution is 2.13. The summed E-state index contributed by atoms with van der Waals surface area (Å²) < 4.78 is 15.1. The second kappa shape index (κ2) is 6.99. The highest BCUT2D eigenvalue weighted by atomic mass is 16.6. The van der Waals surface area contributed by atoms with Crippen molar-refractivity contribution in [3.05, 3.63) is 40.9 Å². The third kappa shape index (κ3) is 3.74. The lowest BCUT2D eigenvalue weighted by molar-refractivity contribution is -0.151. The number of carbonyl (C=O) groups is 3. The van der Waals surface area contributed by atoms with Crippen LogP contribution < -0.4 is 5.76 Å². The molecule has 0 aliphatic carbocycles. The lowest BCUT2D eigenvalue weighted by atomic mass is 10.2. The Morgan fingerprint density at radius 1 is 1.20 bits per heavy atom. The second-order valence-corrected chi connectivity index (χ2v) is 5.02. The van der Waals surface area contributed by atoms with Gasteiger partial charge < -0.3 is 13.9 Å². The average Bonchev–Trinajstić information content (AvgIpc) is 3.20. The van der Waals surface area contributed by atoms with Gasteiger partial charge in [0.15, 0.2) is 6.61 Å². The van der Waals surface area contributed by atoms with Crippen LogP contribution in [0.4, 0.5) is 4.79 Å². The van der Waals surface area contributed by atoms with Gasteiger partial charge in [0.05, 0.1) is 6.54 Å². The third-order valence-electron chi connectivity index (χ3n) is 3.32. The first-order valence-corrected chi connectivity index (χ1v) is 7.31. The maximum atomic E-state index is 11.8. The molecule has 10 nitrogen and oxygen atoms in total. The molecule has 0 N–H and O–H groups in total. The number of benzene rings is 1. The van der Waals surface area contributed by atoms with Gasteiger partial charge in [0, 0.05) is 5.56 Å². The highest BCUT2D eigenvalue weighted by Gasteiger charge is 2.29. The van der Waals surface area contributed by atoms with Crippen LogP contribution in [-0.2, 0) is 25.6 Å². The number of esters is 1. The van der Waals surface area contributed by atoms with Crippen molar-refractivity contribution in [1.29, 1.82) is 0 Å². The van der Waals surface area contributed by atoms with E-state index >= 15 is 0 Å². The van der Waals surface area contributed by atoms with Crippen molar-refractivity contribution < 1.29 is 28.3 Å². The minimum atomic E-state index is -0.865. The fourth-order valence-corrected chi connectivity index (χ4v) is 2.11. The van der Waals surface area contributed by atoms with E-state index in [9.17, 15) is 19.2 Å². The van der Waals surface area contributed by atoms with E-state index in [0.29, 0.717) is 5.56 Å². The van der Waals surface area contributed by atoms with Crippen LogP contribution in [-0.4, -0.2) is 52.4 Å². The first-order chi connectivity index (χ1) is 12.0. The smallest absolute Gasteiger partial charge is 0.437 e. The summed E-state index contributed by atoms with van der Waals surface area (Å²) in [5.41, 5.74) is 0.578. The van der Waals surface area contributed by atoms with E-state index in [1.165, 1.54) is 0 Å². The van der Waals surface area contributed by atoms with Crippen LogP contribution in [0.3, 0.4) is 0 Å². The molecular weight excluding hydrogens is 334 g/mol. The minimum Gasteiger partial charge on any atom is -0.454 e. The molecule has 2 aromatic rings. The summed E-state index contributed by atoms with van der Waals surface area (Å²) in [6.45, 7) is -0.938. The fraction of sp³-hybridized carbons (Fsp3) is 0.267. The summed E-state index contributed by atoms with van der Waals surface area (Å²) in [6.07, 6.45) is -0.777. The molecule has 130 valence electrons. The summed E-state index contributed by atoms with van der Waals surface area (Å²) in [7, 11) is 0. The topological polar surface area (TPSA) is 121 Å². The number of hydrogen-bond donors (Lipinski definition) is 0. The zero-order valence-corrected chi connectivity index (χ0v) is 12.9. The van der Waals surface area contributed by atoms with Crippen LogP contribution in [0.5, 0.6) is 0 Å². The molecule has 0 saturated carbocycles. The number of cyclic esters (lactones) is 1. The van der Waals surface area contributed by atoms with E-state index in [1.807, 2.05) is 0 Å². The Morgan fingerprint density at radius 2 is 1.96 bits per heavy atom. The standard InChI is InChI=1S/C15H13N3O7/c19-11(17-6-7-23-14(17)21)9-24-12(20)8-18-15(22)25-13(16-18)10-4-2-1-3-5-10/h1-5H,6-9H2. The number of ether oxygens (including phenoxy) is 2. The van der Waals surface area contributed by atoms with Crippen molar-refractivity contribution in [3.8, 4) is 11.5 Å². The molecule has 0 spiro atoms. The van der Waals surface area contributed by atoms with Gasteiger partial charge in [-0.2, -0.15) is 4.68 Å². The highest BCUT2D eigenvalue weighted by molar-refractivity contribution is 5.94. The molecule has 3 rings (SSSR count). The Hall–Kier alpha value is -3.43. The zero-order valence-electron chi connectivity index (χ0n) is 12.9. The molecule has 1 aromatic carbocycles. The molecular formula is C15H13N3O7. The van der Waals surface area contributed by atoms with E-state index in [4.69, 9.17) is 9.15 Å². The fourth-order valence-electron chi connectivity index (χ4n) is 2.11. The summed E-state index contributed by atoms with van der Waals surface area (Å²) >= 11 is 0. The van der Waals surface area contributed by atoms with Crippen molar-refractivity contribution >= 4 is 18.0 Å². The first kappa shape index (κ1) is 16.4. The Labute approximate surface area is 140 Å². The lowest BCUT2D eigenvalue weighted by Gasteiger charge is -2.10. The summed E-state index contributed by atoms with van der Waals surface area (Å²) in [6, 6.07) is 8.68. The van der Waals surface area contributed by atoms with E-state index in [2.05, 4.69) is 9.84 Å². The molecule has 1 aromatic heterocycles. The van der Waals surface area contributed by atoms with Crippen LogP contribution >= 0.6 is 0 Å². The van der Waals surface area contributed by atoms with Gasteiger partial charge in [-0.15, -0.1) is 5.10 Å². The van der Waals surface area contributed by atoms with Crippen molar-refractivity contribution in [2.75, 3.05) is 19.8 Å². The molecule has 2 amide bonds. The van der Waals surface area contributed by atoms with Gasteiger partial charge >= 0.3 is 17.8 Å². The predicted octanol–water partition coefficient (Wildman–Crippen LogP) is 0.0253.